The Hall–Kier alpha value is -0.820. The van der Waals surface area contributed by atoms with Crippen molar-refractivity contribution < 1.29 is 0 Å². The summed E-state index contributed by atoms with van der Waals surface area (Å²) < 4.78 is 0. The summed E-state index contributed by atoms with van der Waals surface area (Å²) in [6, 6.07) is 6.94. The van der Waals surface area contributed by atoms with E-state index in [1.807, 2.05) is 0 Å². The first kappa shape index (κ1) is 11.7. The summed E-state index contributed by atoms with van der Waals surface area (Å²) in [5.41, 5.74) is 4.74. The van der Waals surface area contributed by atoms with Gasteiger partial charge in [-0.15, -0.1) is 0 Å². The molecule has 0 spiro atoms. The van der Waals surface area contributed by atoms with E-state index in [0.29, 0.717) is 5.41 Å². The number of hydrogen-bond donors (Lipinski definition) is 1. The van der Waals surface area contributed by atoms with Gasteiger partial charge in [-0.3, -0.25) is 0 Å². The first-order chi connectivity index (χ1) is 7.57. The van der Waals surface area contributed by atoms with Crippen LogP contribution in [0.1, 0.15) is 36.5 Å². The minimum atomic E-state index is 0.457. The molecule has 1 aromatic rings. The Bertz CT molecular complexity index is 341. The first-order valence-electron chi connectivity index (χ1n) is 6.35. The topological polar surface area (TPSA) is 12.0 Å². The van der Waals surface area contributed by atoms with Crippen LogP contribution in [-0.2, 0) is 6.42 Å². The predicted octanol–water partition coefficient (Wildman–Crippen LogP) is 3.24. The van der Waals surface area contributed by atoms with Gasteiger partial charge in [0.1, 0.15) is 0 Å². The average molecular weight is 217 g/mol. The number of hydrogen-bond acceptors (Lipinski definition) is 1. The number of rotatable bonds is 2. The summed E-state index contributed by atoms with van der Waals surface area (Å²) in [4.78, 5) is 0. The third-order valence-corrected chi connectivity index (χ3v) is 3.60. The molecule has 0 bridgehead atoms. The third-order valence-electron chi connectivity index (χ3n) is 3.60. The molecule has 0 aromatic heterocycles. The lowest BCUT2D eigenvalue weighted by Crippen LogP contribution is -2.39. The maximum Gasteiger partial charge on any atom is 0.000835 e. The second kappa shape index (κ2) is 4.58. The number of aryl methyl sites for hydroxylation is 2. The average Bonchev–Trinajstić information content (AvgIpc) is 2.15. The second-order valence-corrected chi connectivity index (χ2v) is 5.76. The van der Waals surface area contributed by atoms with Gasteiger partial charge in [0.25, 0.3) is 0 Å². The van der Waals surface area contributed by atoms with Crippen molar-refractivity contribution in [1.29, 1.82) is 0 Å². The van der Waals surface area contributed by atoms with Gasteiger partial charge in [-0.1, -0.05) is 36.2 Å². The van der Waals surface area contributed by atoms with Crippen LogP contribution in [0.25, 0.3) is 0 Å². The highest BCUT2D eigenvalue weighted by Gasteiger charge is 2.26. The van der Waals surface area contributed by atoms with E-state index >= 15 is 0 Å². The van der Waals surface area contributed by atoms with Gasteiger partial charge in [-0.25, -0.2) is 0 Å². The summed E-state index contributed by atoms with van der Waals surface area (Å²) >= 11 is 0. The minimum Gasteiger partial charge on any atom is -0.316 e. The zero-order chi connectivity index (χ0) is 11.6. The molecule has 1 aliphatic heterocycles. The normalized spacial score (nSPS) is 25.7. The monoisotopic (exact) mass is 217 g/mol. The van der Waals surface area contributed by atoms with Crippen LogP contribution in [0.15, 0.2) is 18.2 Å². The molecular weight excluding hydrogens is 194 g/mol. The lowest BCUT2D eigenvalue weighted by molar-refractivity contribution is 0.234. The van der Waals surface area contributed by atoms with Gasteiger partial charge in [0, 0.05) is 6.54 Å². The number of piperidine rings is 1. The van der Waals surface area contributed by atoms with Crippen molar-refractivity contribution in [2.45, 2.75) is 40.0 Å². The number of nitrogens with one attached hydrogen (secondary N) is 1. The van der Waals surface area contributed by atoms with Gasteiger partial charge in [0.2, 0.25) is 0 Å². The summed E-state index contributed by atoms with van der Waals surface area (Å²) in [6.07, 6.45) is 3.89. The molecule has 1 saturated heterocycles. The Morgan fingerprint density at radius 3 is 2.44 bits per heavy atom. The standard InChI is InChI=1S/C15H23N/c1-12-7-13(2)9-14(8-12)10-15(3)5-4-6-16-11-15/h7-9,16H,4-6,10-11H2,1-3H3. The lowest BCUT2D eigenvalue weighted by Gasteiger charge is -2.34. The Morgan fingerprint density at radius 1 is 1.19 bits per heavy atom. The molecule has 1 fully saturated rings. The highest BCUT2D eigenvalue weighted by molar-refractivity contribution is 5.29. The van der Waals surface area contributed by atoms with Crippen LogP contribution in [0.5, 0.6) is 0 Å². The quantitative estimate of drug-likeness (QED) is 0.802. The van der Waals surface area contributed by atoms with Crippen LogP contribution in [-0.4, -0.2) is 13.1 Å². The van der Waals surface area contributed by atoms with Crippen molar-refractivity contribution >= 4 is 0 Å². The van der Waals surface area contributed by atoms with Crippen molar-refractivity contribution in [2.75, 3.05) is 13.1 Å². The molecule has 1 atom stereocenters. The van der Waals surface area contributed by atoms with Crippen molar-refractivity contribution in [2.24, 2.45) is 5.41 Å². The zero-order valence-electron chi connectivity index (χ0n) is 10.8. The molecule has 0 amide bonds. The first-order valence-corrected chi connectivity index (χ1v) is 6.35. The summed E-state index contributed by atoms with van der Waals surface area (Å²) in [5, 5.41) is 3.52. The van der Waals surface area contributed by atoms with E-state index < -0.39 is 0 Å². The fraction of sp³-hybridized carbons (Fsp3) is 0.600. The van der Waals surface area contributed by atoms with Gasteiger partial charge >= 0.3 is 0 Å². The summed E-state index contributed by atoms with van der Waals surface area (Å²) in [5.74, 6) is 0. The van der Waals surface area contributed by atoms with Crippen LogP contribution < -0.4 is 5.32 Å². The maximum atomic E-state index is 3.52. The van der Waals surface area contributed by atoms with E-state index in [0.717, 1.165) is 0 Å². The van der Waals surface area contributed by atoms with Crippen molar-refractivity contribution in [1.82, 2.24) is 5.32 Å². The Balaban J connectivity index is 2.13. The Morgan fingerprint density at radius 2 is 1.88 bits per heavy atom. The molecule has 1 aliphatic rings. The van der Waals surface area contributed by atoms with Crippen molar-refractivity contribution in [3.8, 4) is 0 Å². The Kier molecular flexibility index (Phi) is 3.34. The molecule has 1 nitrogen and oxygen atoms in total. The fourth-order valence-corrected chi connectivity index (χ4v) is 2.93. The highest BCUT2D eigenvalue weighted by atomic mass is 14.9. The van der Waals surface area contributed by atoms with E-state index in [1.165, 1.54) is 49.0 Å². The van der Waals surface area contributed by atoms with Crippen molar-refractivity contribution in [3.05, 3.63) is 34.9 Å². The molecule has 1 unspecified atom stereocenters. The smallest absolute Gasteiger partial charge is 0.000835 e. The zero-order valence-corrected chi connectivity index (χ0v) is 10.8. The van der Waals surface area contributed by atoms with E-state index in [4.69, 9.17) is 0 Å². The maximum absolute atomic E-state index is 3.52. The number of benzene rings is 1. The van der Waals surface area contributed by atoms with E-state index in [1.54, 1.807) is 0 Å². The van der Waals surface area contributed by atoms with Crippen LogP contribution in [0, 0.1) is 19.3 Å². The molecule has 88 valence electrons. The SMILES string of the molecule is Cc1cc(C)cc(CC2(C)CCCNC2)c1. The van der Waals surface area contributed by atoms with Crippen molar-refractivity contribution in [3.63, 3.8) is 0 Å². The highest BCUT2D eigenvalue weighted by Crippen LogP contribution is 2.30. The van der Waals surface area contributed by atoms with Gasteiger partial charge in [0.05, 0.1) is 0 Å². The summed E-state index contributed by atoms with van der Waals surface area (Å²) in [6.45, 7) is 9.16. The van der Waals surface area contributed by atoms with Gasteiger partial charge in [0.15, 0.2) is 0 Å². The molecule has 2 rings (SSSR count). The molecule has 0 radical (unpaired) electrons. The Labute approximate surface area is 99.3 Å². The van der Waals surface area contributed by atoms with E-state index in [-0.39, 0.29) is 0 Å². The molecule has 0 aliphatic carbocycles. The second-order valence-electron chi connectivity index (χ2n) is 5.76. The van der Waals surface area contributed by atoms with E-state index in [9.17, 15) is 0 Å². The molecule has 1 heterocycles. The molecule has 16 heavy (non-hydrogen) atoms. The molecule has 0 saturated carbocycles. The van der Waals surface area contributed by atoms with E-state index in [2.05, 4.69) is 44.3 Å². The largest absolute Gasteiger partial charge is 0.316 e. The third kappa shape index (κ3) is 2.85. The van der Waals surface area contributed by atoms with Gasteiger partial charge in [-0.05, 0) is 50.6 Å². The van der Waals surface area contributed by atoms with Crippen LogP contribution >= 0.6 is 0 Å². The van der Waals surface area contributed by atoms with Gasteiger partial charge in [-0.2, -0.15) is 0 Å². The molecule has 1 aromatic carbocycles. The van der Waals surface area contributed by atoms with Gasteiger partial charge < -0.3 is 5.32 Å². The molecule has 1 N–H and O–H groups in total. The van der Waals surface area contributed by atoms with Crippen LogP contribution in [0.2, 0.25) is 0 Å². The van der Waals surface area contributed by atoms with Crippen LogP contribution in [0.3, 0.4) is 0 Å². The predicted molar refractivity (Wildman–Crippen MR) is 69.8 cm³/mol. The lowest BCUT2D eigenvalue weighted by atomic mass is 9.77. The van der Waals surface area contributed by atoms with Crippen LogP contribution in [0.4, 0.5) is 0 Å². The molecule has 1 heteroatoms. The summed E-state index contributed by atoms with van der Waals surface area (Å²) in [7, 11) is 0. The fourth-order valence-electron chi connectivity index (χ4n) is 2.93. The minimum absolute atomic E-state index is 0.457. The molecular formula is C15H23N.